The third kappa shape index (κ3) is 14.0. The minimum Gasteiger partial charge on any atom is -0.394 e. The van der Waals surface area contributed by atoms with E-state index in [4.69, 9.17) is 10.2 Å². The van der Waals surface area contributed by atoms with Crippen molar-refractivity contribution in [3.05, 3.63) is 0 Å². The Morgan fingerprint density at radius 2 is 1.20 bits per heavy atom. The molecule has 0 bridgehead atoms. The minimum absolute atomic E-state index is 0. The molecule has 0 aromatic rings. The topological polar surface area (TPSA) is 40.5 Å². The van der Waals surface area contributed by atoms with Crippen LogP contribution in [0.5, 0.6) is 0 Å². The molecule has 34 valence electrons. The van der Waals surface area contributed by atoms with Crippen molar-refractivity contribution in [3.63, 3.8) is 0 Å². The Bertz CT molecular complexity index is 9.61. The quantitative estimate of drug-likeness (QED) is 0.460. The molecule has 0 radical (unpaired) electrons. The van der Waals surface area contributed by atoms with Gasteiger partial charge in [0.25, 0.3) is 0 Å². The van der Waals surface area contributed by atoms with E-state index in [9.17, 15) is 0 Å². The first-order valence-corrected chi connectivity index (χ1v) is 1.13. The second kappa shape index (κ2) is 8.88. The molecule has 0 aliphatic heterocycles. The fraction of sp³-hybridized carbons (Fsp3) is 1.00. The number of hydrogen-bond donors (Lipinski definition) is 2. The van der Waals surface area contributed by atoms with Crippen LogP contribution in [0.25, 0.3) is 0 Å². The van der Waals surface area contributed by atoms with Crippen molar-refractivity contribution in [1.82, 2.24) is 0 Å². The van der Waals surface area contributed by atoms with Crippen LogP contribution in [0, 0.1) is 0 Å². The molecule has 0 spiro atoms. The van der Waals surface area contributed by atoms with Crippen molar-refractivity contribution in [3.8, 4) is 0 Å². The highest BCUT2D eigenvalue weighted by Crippen LogP contribution is 1.39. The highest BCUT2D eigenvalue weighted by atomic mass is 35.5. The fourth-order valence-electron chi connectivity index (χ4n) is 0. The predicted molar refractivity (Wildman–Crippen MR) is 21.4 cm³/mol. The molecule has 0 aromatic carbocycles. The van der Waals surface area contributed by atoms with Crippen molar-refractivity contribution in [2.45, 2.75) is 0 Å². The van der Waals surface area contributed by atoms with Gasteiger partial charge in [0.05, 0.1) is 13.2 Å². The monoisotopic (exact) mass is 98.0 g/mol. The van der Waals surface area contributed by atoms with Gasteiger partial charge in [-0.05, 0) is 0 Å². The standard InChI is InChI=1S/C2H6O2.ClH/c3-1-2-4;/h3-4H,1-2H2;1H. The van der Waals surface area contributed by atoms with E-state index in [0.717, 1.165) is 0 Å². The maximum absolute atomic E-state index is 7.62. The molecule has 0 saturated carbocycles. The summed E-state index contributed by atoms with van der Waals surface area (Å²) in [5.74, 6) is 0. The average Bonchev–Trinajstić information content (AvgIpc) is 1.37. The lowest BCUT2D eigenvalue weighted by atomic mass is 10.8. The third-order valence-corrected chi connectivity index (χ3v) is 0.1000. The second-order valence-electron chi connectivity index (χ2n) is 0.447. The molecule has 0 rings (SSSR count). The summed E-state index contributed by atoms with van der Waals surface area (Å²) in [6, 6.07) is 0. The van der Waals surface area contributed by atoms with Crippen molar-refractivity contribution in [1.29, 1.82) is 0 Å². The summed E-state index contributed by atoms with van der Waals surface area (Å²) >= 11 is 0. The Kier molecular flexibility index (Phi) is 15.9. The van der Waals surface area contributed by atoms with Crippen LogP contribution in [0.3, 0.4) is 0 Å². The Morgan fingerprint density at radius 3 is 1.20 bits per heavy atom. The number of aliphatic hydroxyl groups is 2. The van der Waals surface area contributed by atoms with Crippen molar-refractivity contribution in [2.75, 3.05) is 13.2 Å². The Morgan fingerprint density at radius 1 is 1.00 bits per heavy atom. The fourth-order valence-corrected chi connectivity index (χ4v) is 0. The number of hydrogen-bond acceptors (Lipinski definition) is 2. The Hall–Kier alpha value is 0.210. The van der Waals surface area contributed by atoms with Crippen LogP contribution in [0.4, 0.5) is 0 Å². The SMILES string of the molecule is Cl.OCCO. The van der Waals surface area contributed by atoms with E-state index in [1.54, 1.807) is 0 Å². The molecule has 0 atom stereocenters. The first-order chi connectivity index (χ1) is 1.91. The summed E-state index contributed by atoms with van der Waals surface area (Å²) in [5, 5.41) is 15.2. The molecule has 0 heterocycles. The van der Waals surface area contributed by atoms with Crippen LogP contribution in [-0.4, -0.2) is 23.4 Å². The molecule has 0 unspecified atom stereocenters. The van der Waals surface area contributed by atoms with Crippen molar-refractivity contribution >= 4 is 12.4 Å². The summed E-state index contributed by atoms with van der Waals surface area (Å²) in [7, 11) is 0. The van der Waals surface area contributed by atoms with Crippen LogP contribution < -0.4 is 0 Å². The maximum Gasteiger partial charge on any atom is 0.0662 e. The van der Waals surface area contributed by atoms with Crippen molar-refractivity contribution in [2.24, 2.45) is 0 Å². The van der Waals surface area contributed by atoms with Gasteiger partial charge < -0.3 is 10.2 Å². The van der Waals surface area contributed by atoms with Crippen LogP contribution in [0.15, 0.2) is 0 Å². The molecule has 3 heteroatoms. The number of rotatable bonds is 1. The van der Waals surface area contributed by atoms with E-state index < -0.39 is 0 Å². The van der Waals surface area contributed by atoms with Crippen LogP contribution >= 0.6 is 12.4 Å². The Labute approximate surface area is 36.8 Å². The zero-order valence-electron chi connectivity index (χ0n) is 2.72. The van der Waals surface area contributed by atoms with Gasteiger partial charge in [0.2, 0.25) is 0 Å². The smallest absolute Gasteiger partial charge is 0.0662 e. The van der Waals surface area contributed by atoms with E-state index in [1.807, 2.05) is 0 Å². The lowest BCUT2D eigenvalue weighted by molar-refractivity contribution is 0.186. The average molecular weight is 98.5 g/mol. The highest BCUT2D eigenvalue weighted by molar-refractivity contribution is 5.85. The number of halogens is 1. The zero-order valence-corrected chi connectivity index (χ0v) is 3.53. The summed E-state index contributed by atoms with van der Waals surface area (Å²) in [4.78, 5) is 0. The van der Waals surface area contributed by atoms with E-state index in [2.05, 4.69) is 0 Å². The number of aliphatic hydroxyl groups excluding tert-OH is 2. The van der Waals surface area contributed by atoms with Crippen molar-refractivity contribution < 1.29 is 10.2 Å². The normalized spacial score (nSPS) is 6.00. The van der Waals surface area contributed by atoms with Gasteiger partial charge >= 0.3 is 0 Å². The molecule has 0 saturated heterocycles. The summed E-state index contributed by atoms with van der Waals surface area (Å²) in [5.41, 5.74) is 0. The molecule has 5 heavy (non-hydrogen) atoms. The summed E-state index contributed by atoms with van der Waals surface area (Å²) in [6.07, 6.45) is 0. The molecule has 2 nitrogen and oxygen atoms in total. The van der Waals surface area contributed by atoms with Gasteiger partial charge in [-0.25, -0.2) is 0 Å². The van der Waals surface area contributed by atoms with Crippen LogP contribution in [-0.2, 0) is 0 Å². The van der Waals surface area contributed by atoms with E-state index in [-0.39, 0.29) is 25.6 Å². The largest absolute Gasteiger partial charge is 0.394 e. The predicted octanol–water partition coefficient (Wildman–Crippen LogP) is -0.607. The molecule has 0 aliphatic rings. The lowest BCUT2D eigenvalue weighted by Gasteiger charge is -1.70. The van der Waals surface area contributed by atoms with Gasteiger partial charge in [0.1, 0.15) is 0 Å². The first-order valence-electron chi connectivity index (χ1n) is 1.13. The molecule has 0 amide bonds. The van der Waals surface area contributed by atoms with Gasteiger partial charge in [0, 0.05) is 0 Å². The molecule has 2 N–H and O–H groups in total. The molecule has 0 fully saturated rings. The van der Waals surface area contributed by atoms with Gasteiger partial charge in [-0.3, -0.25) is 0 Å². The minimum atomic E-state index is -0.125. The van der Waals surface area contributed by atoms with E-state index >= 15 is 0 Å². The Balaban J connectivity index is 0. The first kappa shape index (κ1) is 8.96. The lowest BCUT2D eigenvalue weighted by Crippen LogP contribution is -1.85. The van der Waals surface area contributed by atoms with E-state index in [1.165, 1.54) is 0 Å². The van der Waals surface area contributed by atoms with Crippen LogP contribution in [0.2, 0.25) is 0 Å². The summed E-state index contributed by atoms with van der Waals surface area (Å²) < 4.78 is 0. The second-order valence-corrected chi connectivity index (χ2v) is 0.447. The van der Waals surface area contributed by atoms with Gasteiger partial charge in [-0.1, -0.05) is 0 Å². The van der Waals surface area contributed by atoms with E-state index in [0.29, 0.717) is 0 Å². The zero-order chi connectivity index (χ0) is 3.41. The molecule has 0 aliphatic carbocycles. The van der Waals surface area contributed by atoms with Gasteiger partial charge in [-0.15, -0.1) is 12.4 Å². The highest BCUT2D eigenvalue weighted by Gasteiger charge is 1.58. The van der Waals surface area contributed by atoms with Gasteiger partial charge in [0.15, 0.2) is 0 Å². The third-order valence-electron chi connectivity index (χ3n) is 0.1000. The maximum atomic E-state index is 7.62. The molecular weight excluding hydrogens is 91.5 g/mol. The summed E-state index contributed by atoms with van der Waals surface area (Å²) in [6.45, 7) is -0.250. The van der Waals surface area contributed by atoms with Gasteiger partial charge in [-0.2, -0.15) is 0 Å². The van der Waals surface area contributed by atoms with Crippen LogP contribution in [0.1, 0.15) is 0 Å². The molecular formula is C2H7ClO2. The molecule has 0 aromatic heterocycles.